The Bertz CT molecular complexity index is 996. The van der Waals surface area contributed by atoms with Crippen molar-refractivity contribution in [3.05, 3.63) is 60.2 Å². The van der Waals surface area contributed by atoms with Crippen LogP contribution in [0.4, 0.5) is 0 Å². The molecule has 1 saturated heterocycles. The summed E-state index contributed by atoms with van der Waals surface area (Å²) in [7, 11) is 0. The molecule has 1 aliphatic rings. The van der Waals surface area contributed by atoms with Crippen molar-refractivity contribution in [1.29, 1.82) is 0 Å². The van der Waals surface area contributed by atoms with Crippen molar-refractivity contribution >= 4 is 33.4 Å². The fourth-order valence-corrected chi connectivity index (χ4v) is 4.05. The van der Waals surface area contributed by atoms with Crippen LogP contribution >= 0.6 is 0 Å². The molecule has 156 valence electrons. The summed E-state index contributed by atoms with van der Waals surface area (Å²) in [5.74, 6) is -0.456. The Hall–Kier alpha value is -2.96. The quantitative estimate of drug-likeness (QED) is 0.451. The van der Waals surface area contributed by atoms with E-state index in [1.165, 1.54) is 27.1 Å². The first-order chi connectivity index (χ1) is 14.7. The van der Waals surface area contributed by atoms with Gasteiger partial charge in [0, 0.05) is 45.8 Å². The van der Waals surface area contributed by atoms with E-state index >= 15 is 0 Å². The second-order valence-electron chi connectivity index (χ2n) is 7.70. The fraction of sp³-hybridized carbons (Fsp3) is 0.333. The second-order valence-corrected chi connectivity index (χ2v) is 7.70. The molecule has 4 rings (SSSR count). The van der Waals surface area contributed by atoms with Gasteiger partial charge < -0.3 is 16.0 Å². The van der Waals surface area contributed by atoms with Crippen LogP contribution in [0.15, 0.2) is 54.6 Å². The van der Waals surface area contributed by atoms with Gasteiger partial charge in [-0.25, -0.2) is 0 Å². The zero-order chi connectivity index (χ0) is 20.8. The van der Waals surface area contributed by atoms with Crippen molar-refractivity contribution < 1.29 is 9.59 Å². The Morgan fingerprint density at radius 3 is 2.03 bits per heavy atom. The normalized spacial score (nSPS) is 17.6. The zero-order valence-corrected chi connectivity index (χ0v) is 17.1. The first kappa shape index (κ1) is 20.3. The van der Waals surface area contributed by atoms with Gasteiger partial charge >= 0.3 is 0 Å². The van der Waals surface area contributed by atoms with Crippen LogP contribution in [-0.4, -0.2) is 56.0 Å². The summed E-state index contributed by atoms with van der Waals surface area (Å²) in [5, 5.41) is 14.1. The number of hydrogen-bond donors (Lipinski definition) is 3. The van der Waals surface area contributed by atoms with E-state index in [9.17, 15) is 9.59 Å². The smallest absolute Gasteiger partial charge is 0.229 e. The average molecular weight is 405 g/mol. The SMILES string of the molecule is O=C1CC(=O)NCCN(Cc2c3ccccc3cc3ccccc23)CCNCCN1. The molecular formula is C24H28N4O2. The van der Waals surface area contributed by atoms with E-state index in [0.29, 0.717) is 19.6 Å². The molecule has 3 aromatic rings. The highest BCUT2D eigenvalue weighted by Gasteiger charge is 2.14. The number of carbonyl (C=O) groups excluding carboxylic acids is 2. The Labute approximate surface area is 176 Å². The van der Waals surface area contributed by atoms with Crippen LogP contribution in [0, 0.1) is 0 Å². The lowest BCUT2D eigenvalue weighted by Gasteiger charge is -2.24. The number of benzene rings is 3. The van der Waals surface area contributed by atoms with Crippen molar-refractivity contribution in [2.75, 3.05) is 39.3 Å². The summed E-state index contributed by atoms with van der Waals surface area (Å²) in [5.41, 5.74) is 1.32. The highest BCUT2D eigenvalue weighted by Crippen LogP contribution is 2.29. The van der Waals surface area contributed by atoms with Crippen LogP contribution in [0.2, 0.25) is 0 Å². The molecular weight excluding hydrogens is 376 g/mol. The molecule has 1 heterocycles. The molecule has 0 aromatic heterocycles. The van der Waals surface area contributed by atoms with Gasteiger partial charge in [-0.1, -0.05) is 48.5 Å². The zero-order valence-electron chi connectivity index (χ0n) is 17.1. The maximum Gasteiger partial charge on any atom is 0.229 e. The lowest BCUT2D eigenvalue weighted by molar-refractivity contribution is -0.129. The van der Waals surface area contributed by atoms with Gasteiger partial charge in [0.15, 0.2) is 0 Å². The standard InChI is InChI=1S/C24H28N4O2/c29-23-16-24(30)27-12-14-28(13-11-25-9-10-26-23)17-22-20-7-3-1-5-18(20)15-19-6-2-4-8-21(19)22/h1-8,15,25H,9-14,16-17H2,(H,26,29)(H,27,30). The number of rotatable bonds is 2. The van der Waals surface area contributed by atoms with Crippen LogP contribution in [0.1, 0.15) is 12.0 Å². The summed E-state index contributed by atoms with van der Waals surface area (Å²) < 4.78 is 0. The Kier molecular flexibility index (Phi) is 6.57. The molecule has 6 heteroatoms. The molecule has 1 fully saturated rings. The molecule has 0 spiro atoms. The molecule has 0 bridgehead atoms. The van der Waals surface area contributed by atoms with Crippen molar-refractivity contribution in [2.24, 2.45) is 0 Å². The molecule has 0 radical (unpaired) electrons. The third kappa shape index (κ3) is 4.96. The lowest BCUT2D eigenvalue weighted by Crippen LogP contribution is -2.38. The minimum atomic E-state index is -0.229. The second kappa shape index (κ2) is 9.69. The summed E-state index contributed by atoms with van der Waals surface area (Å²) in [4.78, 5) is 26.1. The summed E-state index contributed by atoms with van der Waals surface area (Å²) in [6.45, 7) is 4.96. The van der Waals surface area contributed by atoms with E-state index < -0.39 is 0 Å². The van der Waals surface area contributed by atoms with Gasteiger partial charge in [0.05, 0.1) is 0 Å². The Balaban J connectivity index is 1.59. The van der Waals surface area contributed by atoms with Crippen LogP contribution in [0.5, 0.6) is 0 Å². The van der Waals surface area contributed by atoms with Gasteiger partial charge in [0.2, 0.25) is 11.8 Å². The summed E-state index contributed by atoms with van der Waals surface area (Å²) >= 11 is 0. The molecule has 3 N–H and O–H groups in total. The average Bonchev–Trinajstić information content (AvgIpc) is 2.76. The van der Waals surface area contributed by atoms with E-state index in [1.807, 2.05) is 0 Å². The van der Waals surface area contributed by atoms with Crippen LogP contribution in [-0.2, 0) is 16.1 Å². The van der Waals surface area contributed by atoms with E-state index in [-0.39, 0.29) is 18.2 Å². The molecule has 0 unspecified atom stereocenters. The first-order valence-electron chi connectivity index (χ1n) is 10.6. The molecule has 0 atom stereocenters. The van der Waals surface area contributed by atoms with Gasteiger partial charge in [-0.2, -0.15) is 0 Å². The summed E-state index contributed by atoms with van der Waals surface area (Å²) in [6.07, 6.45) is -0.117. The maximum atomic E-state index is 12.0. The van der Waals surface area contributed by atoms with E-state index in [0.717, 1.165) is 26.2 Å². The third-order valence-electron chi connectivity index (χ3n) is 5.56. The first-order valence-corrected chi connectivity index (χ1v) is 10.6. The lowest BCUT2D eigenvalue weighted by atomic mass is 9.96. The molecule has 6 nitrogen and oxygen atoms in total. The van der Waals surface area contributed by atoms with E-state index in [4.69, 9.17) is 0 Å². The number of carbonyl (C=O) groups is 2. The van der Waals surface area contributed by atoms with Crippen molar-refractivity contribution in [3.63, 3.8) is 0 Å². The van der Waals surface area contributed by atoms with Crippen LogP contribution < -0.4 is 16.0 Å². The fourth-order valence-electron chi connectivity index (χ4n) is 4.05. The van der Waals surface area contributed by atoms with Crippen LogP contribution in [0.3, 0.4) is 0 Å². The number of nitrogens with one attached hydrogen (secondary N) is 3. The predicted octanol–water partition coefficient (Wildman–Crippen LogP) is 2.02. The van der Waals surface area contributed by atoms with Crippen molar-refractivity contribution in [1.82, 2.24) is 20.9 Å². The third-order valence-corrected chi connectivity index (χ3v) is 5.56. The molecule has 0 saturated carbocycles. The van der Waals surface area contributed by atoms with Crippen molar-refractivity contribution in [3.8, 4) is 0 Å². The minimum absolute atomic E-state index is 0.117. The number of nitrogens with zero attached hydrogens (tertiary/aromatic N) is 1. The Morgan fingerprint density at radius 1 is 0.733 bits per heavy atom. The van der Waals surface area contributed by atoms with Crippen molar-refractivity contribution in [2.45, 2.75) is 13.0 Å². The predicted molar refractivity (Wildman–Crippen MR) is 120 cm³/mol. The summed E-state index contributed by atoms with van der Waals surface area (Å²) in [6, 6.07) is 19.3. The molecule has 0 aliphatic carbocycles. The molecule has 2 amide bonds. The number of amides is 2. The topological polar surface area (TPSA) is 73.5 Å². The van der Waals surface area contributed by atoms with E-state index in [1.54, 1.807) is 0 Å². The highest BCUT2D eigenvalue weighted by molar-refractivity contribution is 6.02. The maximum absolute atomic E-state index is 12.0. The number of fused-ring (bicyclic) bond motifs is 2. The van der Waals surface area contributed by atoms with E-state index in [2.05, 4.69) is 75.4 Å². The van der Waals surface area contributed by atoms with Gasteiger partial charge in [-0.3, -0.25) is 14.5 Å². The Morgan fingerprint density at radius 2 is 1.33 bits per heavy atom. The molecule has 30 heavy (non-hydrogen) atoms. The highest BCUT2D eigenvalue weighted by atomic mass is 16.2. The van der Waals surface area contributed by atoms with Gasteiger partial charge in [0.1, 0.15) is 6.42 Å². The number of hydrogen-bond acceptors (Lipinski definition) is 4. The molecule has 1 aliphatic heterocycles. The molecule has 3 aromatic carbocycles. The van der Waals surface area contributed by atoms with Gasteiger partial charge in [-0.05, 0) is 33.2 Å². The van der Waals surface area contributed by atoms with Crippen LogP contribution in [0.25, 0.3) is 21.5 Å². The van der Waals surface area contributed by atoms with Gasteiger partial charge in [-0.15, -0.1) is 0 Å². The monoisotopic (exact) mass is 404 g/mol. The minimum Gasteiger partial charge on any atom is -0.354 e. The van der Waals surface area contributed by atoms with Gasteiger partial charge in [0.25, 0.3) is 0 Å². The largest absolute Gasteiger partial charge is 0.354 e.